The summed E-state index contributed by atoms with van der Waals surface area (Å²) in [4.78, 5) is 11.2. The van der Waals surface area contributed by atoms with Crippen molar-refractivity contribution in [2.75, 3.05) is 7.11 Å². The minimum atomic E-state index is -0.304. The second kappa shape index (κ2) is 5.48. The molecule has 0 bridgehead atoms. The van der Waals surface area contributed by atoms with Crippen molar-refractivity contribution in [1.29, 1.82) is 0 Å². The van der Waals surface area contributed by atoms with Gasteiger partial charge >= 0.3 is 5.97 Å². The largest absolute Gasteiger partial charge is 0.468 e. The Labute approximate surface area is 106 Å². The van der Waals surface area contributed by atoms with Crippen LogP contribution in [0.15, 0.2) is 24.3 Å². The quantitative estimate of drug-likeness (QED) is 0.834. The van der Waals surface area contributed by atoms with Crippen molar-refractivity contribution in [3.05, 3.63) is 35.6 Å². The Kier molecular flexibility index (Phi) is 3.97. The van der Waals surface area contributed by atoms with Crippen molar-refractivity contribution in [3.63, 3.8) is 0 Å². The first-order chi connectivity index (χ1) is 8.61. The molecule has 1 aliphatic rings. The zero-order chi connectivity index (χ0) is 13.1. The molecule has 1 aromatic carbocycles. The standard InChI is InChI=1S/C14H18FNO2/c1-9(14(17)18-2)16-11-7-10(8-11)12-5-3-4-6-13(12)15/h3-6,9-11,16H,7-8H2,1-2H3. The third-order valence-electron chi connectivity index (χ3n) is 3.52. The molecule has 98 valence electrons. The monoisotopic (exact) mass is 251 g/mol. The first-order valence-corrected chi connectivity index (χ1v) is 6.20. The molecular weight excluding hydrogens is 233 g/mol. The average Bonchev–Trinajstić information content (AvgIpc) is 2.33. The molecule has 1 fully saturated rings. The maximum atomic E-state index is 13.5. The number of hydrogen-bond donors (Lipinski definition) is 1. The number of rotatable bonds is 4. The minimum Gasteiger partial charge on any atom is -0.468 e. The van der Waals surface area contributed by atoms with E-state index in [1.165, 1.54) is 13.2 Å². The minimum absolute atomic E-state index is 0.137. The van der Waals surface area contributed by atoms with Crippen LogP contribution in [0.5, 0.6) is 0 Å². The van der Waals surface area contributed by atoms with E-state index in [-0.39, 0.29) is 29.8 Å². The number of hydrogen-bond acceptors (Lipinski definition) is 3. The van der Waals surface area contributed by atoms with Crippen LogP contribution >= 0.6 is 0 Å². The van der Waals surface area contributed by atoms with Crippen molar-refractivity contribution in [1.82, 2.24) is 5.32 Å². The van der Waals surface area contributed by atoms with E-state index in [4.69, 9.17) is 0 Å². The van der Waals surface area contributed by atoms with Gasteiger partial charge in [-0.25, -0.2) is 4.39 Å². The molecule has 1 aliphatic carbocycles. The van der Waals surface area contributed by atoms with E-state index in [1.807, 2.05) is 12.1 Å². The fourth-order valence-corrected chi connectivity index (χ4v) is 2.41. The molecule has 0 heterocycles. The Morgan fingerprint density at radius 2 is 2.11 bits per heavy atom. The molecule has 18 heavy (non-hydrogen) atoms. The van der Waals surface area contributed by atoms with Gasteiger partial charge in [0.2, 0.25) is 0 Å². The molecule has 4 heteroatoms. The van der Waals surface area contributed by atoms with Crippen LogP contribution in [0.2, 0.25) is 0 Å². The molecule has 0 spiro atoms. The van der Waals surface area contributed by atoms with Crippen LogP contribution in [0.3, 0.4) is 0 Å². The van der Waals surface area contributed by atoms with Crippen LogP contribution in [0.1, 0.15) is 31.2 Å². The van der Waals surface area contributed by atoms with E-state index >= 15 is 0 Å². The summed E-state index contributed by atoms with van der Waals surface area (Å²) in [6.45, 7) is 1.78. The molecule has 2 rings (SSSR count). The van der Waals surface area contributed by atoms with Crippen molar-refractivity contribution in [2.45, 2.75) is 37.8 Å². The molecule has 1 aromatic rings. The second-order valence-electron chi connectivity index (χ2n) is 4.80. The lowest BCUT2D eigenvalue weighted by Gasteiger charge is -2.37. The lowest BCUT2D eigenvalue weighted by atomic mass is 9.75. The van der Waals surface area contributed by atoms with Crippen molar-refractivity contribution < 1.29 is 13.9 Å². The smallest absolute Gasteiger partial charge is 0.322 e. The maximum Gasteiger partial charge on any atom is 0.322 e. The summed E-state index contributed by atoms with van der Waals surface area (Å²) >= 11 is 0. The van der Waals surface area contributed by atoms with Crippen LogP contribution in [0.25, 0.3) is 0 Å². The topological polar surface area (TPSA) is 38.3 Å². The van der Waals surface area contributed by atoms with Gasteiger partial charge in [-0.3, -0.25) is 4.79 Å². The number of nitrogens with one attached hydrogen (secondary N) is 1. The first-order valence-electron chi connectivity index (χ1n) is 6.20. The molecular formula is C14H18FNO2. The van der Waals surface area contributed by atoms with Gasteiger partial charge in [-0.1, -0.05) is 18.2 Å². The van der Waals surface area contributed by atoms with Crippen LogP contribution in [0.4, 0.5) is 4.39 Å². The summed E-state index contributed by atoms with van der Waals surface area (Å²) < 4.78 is 18.2. The Morgan fingerprint density at radius 1 is 1.44 bits per heavy atom. The highest BCUT2D eigenvalue weighted by Gasteiger charge is 2.33. The van der Waals surface area contributed by atoms with Gasteiger partial charge in [0.15, 0.2) is 0 Å². The van der Waals surface area contributed by atoms with Crippen LogP contribution in [-0.4, -0.2) is 25.2 Å². The van der Waals surface area contributed by atoms with Crippen molar-refractivity contribution in [3.8, 4) is 0 Å². The number of ether oxygens (including phenoxy) is 1. The van der Waals surface area contributed by atoms with E-state index < -0.39 is 0 Å². The van der Waals surface area contributed by atoms with Gasteiger partial charge in [0.25, 0.3) is 0 Å². The van der Waals surface area contributed by atoms with Gasteiger partial charge in [-0.15, -0.1) is 0 Å². The second-order valence-corrected chi connectivity index (χ2v) is 4.80. The van der Waals surface area contributed by atoms with Gasteiger partial charge in [0.1, 0.15) is 11.9 Å². The lowest BCUT2D eigenvalue weighted by molar-refractivity contribution is -0.143. The summed E-state index contributed by atoms with van der Waals surface area (Å²) in [6.07, 6.45) is 1.73. The SMILES string of the molecule is COC(=O)C(C)NC1CC(c2ccccc2F)C1. The van der Waals surface area contributed by atoms with Crippen LogP contribution in [-0.2, 0) is 9.53 Å². The zero-order valence-corrected chi connectivity index (χ0v) is 10.7. The predicted molar refractivity (Wildman–Crippen MR) is 66.8 cm³/mol. The molecule has 0 aliphatic heterocycles. The highest BCUT2D eigenvalue weighted by molar-refractivity contribution is 5.75. The number of halogens is 1. The summed E-state index contributed by atoms with van der Waals surface area (Å²) in [7, 11) is 1.38. The van der Waals surface area contributed by atoms with Gasteiger partial charge < -0.3 is 10.1 Å². The van der Waals surface area contributed by atoms with Gasteiger partial charge in [-0.05, 0) is 37.3 Å². The van der Waals surface area contributed by atoms with E-state index in [0.29, 0.717) is 0 Å². The predicted octanol–water partition coefficient (Wildman–Crippen LogP) is 2.22. The first kappa shape index (κ1) is 13.0. The lowest BCUT2D eigenvalue weighted by Crippen LogP contribution is -2.47. The van der Waals surface area contributed by atoms with Gasteiger partial charge in [-0.2, -0.15) is 0 Å². The average molecular weight is 251 g/mol. The van der Waals surface area contributed by atoms with E-state index in [9.17, 15) is 9.18 Å². The number of carbonyl (C=O) groups excluding carboxylic acids is 1. The number of methoxy groups -OCH3 is 1. The Bertz CT molecular complexity index is 430. The Morgan fingerprint density at radius 3 is 2.72 bits per heavy atom. The van der Waals surface area contributed by atoms with Gasteiger partial charge in [0.05, 0.1) is 7.11 Å². The van der Waals surface area contributed by atoms with Crippen molar-refractivity contribution in [2.24, 2.45) is 0 Å². The highest BCUT2D eigenvalue weighted by atomic mass is 19.1. The summed E-state index contributed by atoms with van der Waals surface area (Å²) in [6, 6.07) is 6.85. The molecule has 0 radical (unpaired) electrons. The number of carbonyl (C=O) groups is 1. The summed E-state index contributed by atoms with van der Waals surface area (Å²) in [5, 5.41) is 3.19. The fraction of sp³-hybridized carbons (Fsp3) is 0.500. The molecule has 1 saturated carbocycles. The number of benzene rings is 1. The molecule has 0 saturated heterocycles. The summed E-state index contributed by atoms with van der Waals surface area (Å²) in [5.41, 5.74) is 0.779. The number of esters is 1. The fourth-order valence-electron chi connectivity index (χ4n) is 2.41. The molecule has 0 amide bonds. The maximum absolute atomic E-state index is 13.5. The normalized spacial score (nSPS) is 24.2. The highest BCUT2D eigenvalue weighted by Crippen LogP contribution is 2.38. The summed E-state index contributed by atoms with van der Waals surface area (Å²) in [5.74, 6) is -0.139. The van der Waals surface area contributed by atoms with E-state index in [2.05, 4.69) is 10.1 Å². The Balaban J connectivity index is 1.84. The molecule has 1 unspecified atom stereocenters. The molecule has 1 N–H and O–H groups in total. The van der Waals surface area contributed by atoms with E-state index in [0.717, 1.165) is 18.4 Å². The third kappa shape index (κ3) is 2.70. The van der Waals surface area contributed by atoms with Crippen molar-refractivity contribution >= 4 is 5.97 Å². The molecule has 3 nitrogen and oxygen atoms in total. The van der Waals surface area contributed by atoms with Crippen LogP contribution < -0.4 is 5.32 Å². The molecule has 0 aromatic heterocycles. The van der Waals surface area contributed by atoms with E-state index in [1.54, 1.807) is 13.0 Å². The zero-order valence-electron chi connectivity index (χ0n) is 10.7. The van der Waals surface area contributed by atoms with Gasteiger partial charge in [0, 0.05) is 6.04 Å². The Hall–Kier alpha value is -1.42. The third-order valence-corrected chi connectivity index (χ3v) is 3.52. The van der Waals surface area contributed by atoms with Crippen LogP contribution in [0, 0.1) is 5.82 Å². The molecule has 1 atom stereocenters.